The first-order chi connectivity index (χ1) is 14.2. The van der Waals surface area contributed by atoms with Gasteiger partial charge in [-0.15, -0.1) is 0 Å². The lowest BCUT2D eigenvalue weighted by molar-refractivity contribution is 0.102. The predicted octanol–water partition coefficient (Wildman–Crippen LogP) is 5.49. The number of nitrogens with one attached hydrogen (secondary N) is 1. The number of ether oxygens (including phenoxy) is 1. The fourth-order valence-corrected chi connectivity index (χ4v) is 3.02. The van der Waals surface area contributed by atoms with Crippen molar-refractivity contribution in [1.29, 1.82) is 0 Å². The van der Waals surface area contributed by atoms with Crippen molar-refractivity contribution in [2.45, 2.75) is 6.73 Å². The van der Waals surface area contributed by atoms with Crippen molar-refractivity contribution in [2.75, 3.05) is 5.32 Å². The second kappa shape index (κ2) is 8.63. The van der Waals surface area contributed by atoms with Gasteiger partial charge in [-0.05, 0) is 41.5 Å². The van der Waals surface area contributed by atoms with Crippen molar-refractivity contribution in [3.05, 3.63) is 102 Å². The number of hydrogen-bond donors (Lipinski definition) is 1. The number of rotatable bonds is 6. The minimum Gasteiger partial charge on any atom is -0.471 e. The molecule has 0 fully saturated rings. The van der Waals surface area contributed by atoms with E-state index in [1.807, 2.05) is 66.7 Å². The molecule has 0 aliphatic rings. The number of anilines is 1. The Morgan fingerprint density at radius 3 is 2.48 bits per heavy atom. The zero-order chi connectivity index (χ0) is 20.1. The maximum atomic E-state index is 12.5. The number of benzene rings is 3. The van der Waals surface area contributed by atoms with Gasteiger partial charge in [-0.1, -0.05) is 60.1 Å². The van der Waals surface area contributed by atoms with Gasteiger partial charge in [0.25, 0.3) is 5.91 Å². The highest BCUT2D eigenvalue weighted by atomic mass is 35.5. The van der Waals surface area contributed by atoms with Crippen molar-refractivity contribution in [3.63, 3.8) is 0 Å². The van der Waals surface area contributed by atoms with E-state index in [4.69, 9.17) is 16.3 Å². The van der Waals surface area contributed by atoms with Crippen LogP contribution in [0.3, 0.4) is 0 Å². The molecule has 0 aliphatic carbocycles. The van der Waals surface area contributed by atoms with E-state index in [1.165, 1.54) is 0 Å². The molecule has 0 saturated heterocycles. The Morgan fingerprint density at radius 1 is 0.966 bits per heavy atom. The predicted molar refractivity (Wildman–Crippen MR) is 114 cm³/mol. The van der Waals surface area contributed by atoms with Gasteiger partial charge in [-0.2, -0.15) is 5.10 Å². The molecule has 1 heterocycles. The van der Waals surface area contributed by atoms with E-state index < -0.39 is 0 Å². The van der Waals surface area contributed by atoms with Crippen molar-refractivity contribution in [2.24, 2.45) is 0 Å². The van der Waals surface area contributed by atoms with Gasteiger partial charge in [0.15, 0.2) is 6.73 Å². The second-order valence-electron chi connectivity index (χ2n) is 6.40. The fourth-order valence-electron chi connectivity index (χ4n) is 2.84. The smallest absolute Gasteiger partial charge is 0.255 e. The number of amides is 1. The summed E-state index contributed by atoms with van der Waals surface area (Å²) in [6.07, 6.45) is 3.29. The van der Waals surface area contributed by atoms with Crippen molar-refractivity contribution >= 4 is 23.2 Å². The minimum absolute atomic E-state index is 0.195. The second-order valence-corrected chi connectivity index (χ2v) is 6.83. The lowest BCUT2D eigenvalue weighted by Crippen LogP contribution is -2.11. The molecule has 1 aromatic heterocycles. The summed E-state index contributed by atoms with van der Waals surface area (Å²) in [5, 5.41) is 7.65. The van der Waals surface area contributed by atoms with Crippen LogP contribution in [0.1, 0.15) is 10.4 Å². The van der Waals surface area contributed by atoms with Crippen LogP contribution in [0.5, 0.6) is 5.75 Å². The van der Waals surface area contributed by atoms with Gasteiger partial charge in [0.1, 0.15) is 5.75 Å². The van der Waals surface area contributed by atoms with Crippen LogP contribution in [-0.4, -0.2) is 15.7 Å². The number of aromatic nitrogens is 2. The Hall–Kier alpha value is -3.57. The van der Waals surface area contributed by atoms with Gasteiger partial charge in [0.2, 0.25) is 0 Å². The Balaban J connectivity index is 1.36. The summed E-state index contributed by atoms with van der Waals surface area (Å²) in [4.78, 5) is 12.5. The topological polar surface area (TPSA) is 56.2 Å². The molecule has 0 saturated carbocycles. The van der Waals surface area contributed by atoms with Gasteiger partial charge in [0.05, 0.1) is 18.1 Å². The molecular weight excluding hydrogens is 386 g/mol. The summed E-state index contributed by atoms with van der Waals surface area (Å²) in [6, 6.07) is 24.7. The molecule has 6 heteroatoms. The van der Waals surface area contributed by atoms with E-state index in [0.717, 1.165) is 11.1 Å². The summed E-state index contributed by atoms with van der Waals surface area (Å²) in [5.41, 5.74) is 3.35. The van der Waals surface area contributed by atoms with Gasteiger partial charge in [-0.25, -0.2) is 4.68 Å². The first kappa shape index (κ1) is 18.8. The summed E-state index contributed by atoms with van der Waals surface area (Å²) < 4.78 is 7.23. The highest BCUT2D eigenvalue weighted by Crippen LogP contribution is 2.20. The SMILES string of the molecule is O=C(Nc1cnn(COc2cccc(Cl)c2)c1)c1ccc(-c2ccccc2)cc1. The minimum atomic E-state index is -0.195. The summed E-state index contributed by atoms with van der Waals surface area (Å²) in [5.74, 6) is 0.456. The van der Waals surface area contributed by atoms with Gasteiger partial charge in [-0.3, -0.25) is 4.79 Å². The molecule has 0 radical (unpaired) electrons. The number of nitrogens with zero attached hydrogens (tertiary/aromatic N) is 2. The van der Waals surface area contributed by atoms with Crippen molar-refractivity contribution in [3.8, 4) is 16.9 Å². The van der Waals surface area contributed by atoms with Crippen molar-refractivity contribution in [1.82, 2.24) is 9.78 Å². The third-order valence-electron chi connectivity index (χ3n) is 4.30. The Morgan fingerprint density at radius 2 is 1.72 bits per heavy atom. The molecule has 0 aliphatic heterocycles. The van der Waals surface area contributed by atoms with E-state index in [1.54, 1.807) is 29.2 Å². The van der Waals surface area contributed by atoms with Crippen LogP contribution < -0.4 is 10.1 Å². The van der Waals surface area contributed by atoms with Crippen LogP contribution in [0, 0.1) is 0 Å². The maximum absolute atomic E-state index is 12.5. The Bertz CT molecular complexity index is 1110. The quantitative estimate of drug-likeness (QED) is 0.463. The lowest BCUT2D eigenvalue weighted by Gasteiger charge is -2.06. The molecule has 3 aromatic carbocycles. The maximum Gasteiger partial charge on any atom is 0.255 e. The van der Waals surface area contributed by atoms with Gasteiger partial charge >= 0.3 is 0 Å². The third-order valence-corrected chi connectivity index (χ3v) is 4.54. The zero-order valence-corrected chi connectivity index (χ0v) is 16.2. The first-order valence-electron chi connectivity index (χ1n) is 9.05. The van der Waals surface area contributed by atoms with Crippen LogP contribution in [0.2, 0.25) is 5.02 Å². The van der Waals surface area contributed by atoms with E-state index in [9.17, 15) is 4.79 Å². The molecule has 29 heavy (non-hydrogen) atoms. The van der Waals surface area contributed by atoms with Crippen molar-refractivity contribution < 1.29 is 9.53 Å². The van der Waals surface area contributed by atoms with E-state index in [2.05, 4.69) is 10.4 Å². The molecule has 5 nitrogen and oxygen atoms in total. The molecular formula is C23H18ClN3O2. The lowest BCUT2D eigenvalue weighted by atomic mass is 10.0. The van der Waals surface area contributed by atoms with Crippen LogP contribution in [0.4, 0.5) is 5.69 Å². The van der Waals surface area contributed by atoms with E-state index in [-0.39, 0.29) is 12.6 Å². The normalized spacial score (nSPS) is 10.5. The number of carbonyl (C=O) groups is 1. The van der Waals surface area contributed by atoms with Crippen LogP contribution in [0.25, 0.3) is 11.1 Å². The number of carbonyl (C=O) groups excluding carboxylic acids is 1. The molecule has 0 unspecified atom stereocenters. The van der Waals surface area contributed by atoms with Gasteiger partial charge in [0, 0.05) is 10.6 Å². The van der Waals surface area contributed by atoms with Gasteiger partial charge < -0.3 is 10.1 Å². The molecule has 0 spiro atoms. The van der Waals surface area contributed by atoms with E-state index >= 15 is 0 Å². The molecule has 0 atom stereocenters. The number of hydrogen-bond acceptors (Lipinski definition) is 3. The van der Waals surface area contributed by atoms with E-state index in [0.29, 0.717) is 22.0 Å². The highest BCUT2D eigenvalue weighted by Gasteiger charge is 2.08. The monoisotopic (exact) mass is 403 g/mol. The average molecular weight is 404 g/mol. The molecule has 0 bridgehead atoms. The van der Waals surface area contributed by atoms with Crippen LogP contribution in [0.15, 0.2) is 91.3 Å². The molecule has 4 aromatic rings. The number of halogens is 1. The Kier molecular flexibility index (Phi) is 5.59. The standard InChI is InChI=1S/C23H18ClN3O2/c24-20-7-4-8-22(13-20)29-16-27-15-21(14-25-27)26-23(28)19-11-9-18(10-12-19)17-5-2-1-3-6-17/h1-15H,16H2,(H,26,28). The van der Waals surface area contributed by atoms with Crippen LogP contribution >= 0.6 is 11.6 Å². The molecule has 1 amide bonds. The largest absolute Gasteiger partial charge is 0.471 e. The summed E-state index contributed by atoms with van der Waals surface area (Å²) in [7, 11) is 0. The third kappa shape index (κ3) is 4.83. The molecule has 4 rings (SSSR count). The average Bonchev–Trinajstić information content (AvgIpc) is 3.20. The summed E-state index contributed by atoms with van der Waals surface area (Å²) >= 11 is 5.94. The fraction of sp³-hybridized carbons (Fsp3) is 0.0435. The zero-order valence-electron chi connectivity index (χ0n) is 15.5. The summed E-state index contributed by atoms with van der Waals surface area (Å²) in [6.45, 7) is 0.210. The molecule has 1 N–H and O–H groups in total. The van der Waals surface area contributed by atoms with Crippen LogP contribution in [-0.2, 0) is 6.73 Å². The highest BCUT2D eigenvalue weighted by molar-refractivity contribution is 6.30. The molecule has 144 valence electrons. The Labute approximate surface area is 173 Å². The first-order valence-corrected chi connectivity index (χ1v) is 9.43.